The summed E-state index contributed by atoms with van der Waals surface area (Å²) >= 11 is 0. The standard InChI is InChI=1S/C26H49N5O13/c1-25(39)9-41-22(18(37)21(25)29-2)44-20-12(31-24(38)26(40)6-10(27)7-26)5-11(28)19(17(20)36)43-23-16(35)15(34)14(33)13(42-23)8-30-3-4-32/h10-23,29-30,32-37,39-40H,3-9,27-28H2,1-2H3,(H,31,38)/t10?,11-,12+,13+,14+,15-,16+,17-,18+,19?,20-,21+,22+,23+,25-,26?/m0/s1. The SMILES string of the molecule is CN[C@@H]1[C@@H](O)[C@@H](O[C@H]2[C@H](NC(=O)C3(O)CC(N)C3)C[C@H](N)C(O[C@H]3O[C@H](CNCCO)[C@@H](O)[C@H](O)[C@H]3O)[C@@H]2O)OC[C@]1(C)O. The van der Waals surface area contributed by atoms with Crippen molar-refractivity contribution in [2.75, 3.05) is 33.4 Å². The maximum atomic E-state index is 13.0. The number of carbonyl (C=O) groups is 1. The van der Waals surface area contributed by atoms with Crippen molar-refractivity contribution in [1.82, 2.24) is 16.0 Å². The van der Waals surface area contributed by atoms with Crippen molar-refractivity contribution in [1.29, 1.82) is 0 Å². The Kier molecular flexibility index (Phi) is 11.6. The average Bonchev–Trinajstić information content (AvgIpc) is 2.94. The van der Waals surface area contributed by atoms with Crippen molar-refractivity contribution in [3.63, 3.8) is 0 Å². The van der Waals surface area contributed by atoms with Crippen LogP contribution in [0.1, 0.15) is 26.2 Å². The number of hydrogen-bond acceptors (Lipinski definition) is 17. The zero-order valence-corrected chi connectivity index (χ0v) is 24.8. The molecule has 0 bridgehead atoms. The molecule has 1 amide bonds. The van der Waals surface area contributed by atoms with Crippen LogP contribution in [0, 0.1) is 0 Å². The van der Waals surface area contributed by atoms with E-state index in [1.165, 1.54) is 14.0 Å². The van der Waals surface area contributed by atoms with Crippen molar-refractivity contribution < 1.29 is 64.6 Å². The van der Waals surface area contributed by atoms with Gasteiger partial charge in [0.15, 0.2) is 12.6 Å². The third kappa shape index (κ3) is 7.36. The van der Waals surface area contributed by atoms with E-state index in [2.05, 4.69) is 16.0 Å². The summed E-state index contributed by atoms with van der Waals surface area (Å²) in [7, 11) is 1.53. The quantitative estimate of drug-likeness (QED) is 0.0934. The number of carbonyl (C=O) groups excluding carboxylic acids is 1. The predicted octanol–water partition coefficient (Wildman–Crippen LogP) is -7.37. The van der Waals surface area contributed by atoms with Gasteiger partial charge < -0.3 is 87.2 Å². The molecule has 4 aliphatic rings. The van der Waals surface area contributed by atoms with Crippen molar-refractivity contribution in [2.24, 2.45) is 11.5 Å². The third-order valence-corrected chi connectivity index (χ3v) is 8.98. The zero-order valence-electron chi connectivity index (χ0n) is 24.8. The highest BCUT2D eigenvalue weighted by Crippen LogP contribution is 2.35. The molecule has 4 fully saturated rings. The van der Waals surface area contributed by atoms with Gasteiger partial charge in [-0.25, -0.2) is 0 Å². The number of amides is 1. The highest BCUT2D eigenvalue weighted by molar-refractivity contribution is 5.86. The lowest BCUT2D eigenvalue weighted by atomic mass is 9.75. The van der Waals surface area contributed by atoms with Crippen LogP contribution < -0.4 is 27.4 Å². The molecule has 0 radical (unpaired) electrons. The number of nitrogens with two attached hydrogens (primary N) is 2. The monoisotopic (exact) mass is 639 g/mol. The van der Waals surface area contributed by atoms with Crippen LogP contribution in [0.15, 0.2) is 0 Å². The van der Waals surface area contributed by atoms with Gasteiger partial charge in [-0.05, 0) is 20.4 Å². The molecule has 14 atom stereocenters. The summed E-state index contributed by atoms with van der Waals surface area (Å²) in [5.41, 5.74) is 8.97. The van der Waals surface area contributed by atoms with Crippen LogP contribution >= 0.6 is 0 Å². The van der Waals surface area contributed by atoms with Crippen LogP contribution in [0.5, 0.6) is 0 Å². The van der Waals surface area contributed by atoms with Gasteiger partial charge in [-0.2, -0.15) is 0 Å². The molecule has 44 heavy (non-hydrogen) atoms. The van der Waals surface area contributed by atoms with Crippen LogP contribution in [0.2, 0.25) is 0 Å². The Hall–Kier alpha value is -1.17. The number of nitrogens with one attached hydrogen (secondary N) is 3. The van der Waals surface area contributed by atoms with Gasteiger partial charge in [-0.15, -0.1) is 0 Å². The molecule has 2 heterocycles. The smallest absolute Gasteiger partial charge is 0.252 e. The van der Waals surface area contributed by atoms with Gasteiger partial charge in [0.05, 0.1) is 25.3 Å². The Balaban J connectivity index is 1.54. The number of aliphatic hydroxyl groups is 8. The first kappa shape index (κ1) is 35.7. The highest BCUT2D eigenvalue weighted by atomic mass is 16.7. The molecule has 0 aromatic rings. The Morgan fingerprint density at radius 1 is 0.955 bits per heavy atom. The number of ether oxygens (including phenoxy) is 4. The Morgan fingerprint density at radius 2 is 1.61 bits per heavy atom. The maximum Gasteiger partial charge on any atom is 0.252 e. The lowest BCUT2D eigenvalue weighted by molar-refractivity contribution is -0.331. The van der Waals surface area contributed by atoms with Gasteiger partial charge in [0.1, 0.15) is 60.0 Å². The highest BCUT2D eigenvalue weighted by Gasteiger charge is 2.55. The minimum Gasteiger partial charge on any atom is -0.395 e. The Labute approximate surface area is 254 Å². The topological polar surface area (TPSA) is 304 Å². The first-order valence-electron chi connectivity index (χ1n) is 14.9. The van der Waals surface area contributed by atoms with E-state index >= 15 is 0 Å². The van der Waals surface area contributed by atoms with Crippen molar-refractivity contribution in [3.8, 4) is 0 Å². The molecule has 2 aliphatic carbocycles. The first-order chi connectivity index (χ1) is 20.6. The van der Waals surface area contributed by atoms with Crippen LogP contribution in [-0.4, -0.2) is 177 Å². The molecule has 2 saturated carbocycles. The molecule has 0 aromatic carbocycles. The fourth-order valence-electron chi connectivity index (χ4n) is 6.43. The maximum absolute atomic E-state index is 13.0. The summed E-state index contributed by atoms with van der Waals surface area (Å²) in [6.45, 7) is 1.20. The van der Waals surface area contributed by atoms with Gasteiger partial charge in [-0.1, -0.05) is 0 Å². The second kappa shape index (κ2) is 14.3. The van der Waals surface area contributed by atoms with Crippen molar-refractivity contribution >= 4 is 5.91 Å². The van der Waals surface area contributed by atoms with E-state index in [-0.39, 0.29) is 51.6 Å². The van der Waals surface area contributed by atoms with E-state index < -0.39 is 96.6 Å². The van der Waals surface area contributed by atoms with Crippen LogP contribution in [-0.2, 0) is 23.7 Å². The van der Waals surface area contributed by atoms with E-state index in [4.69, 9.17) is 35.5 Å². The van der Waals surface area contributed by atoms with E-state index in [1.807, 2.05) is 0 Å². The molecule has 1 unspecified atom stereocenters. The van der Waals surface area contributed by atoms with Gasteiger partial charge >= 0.3 is 0 Å². The lowest BCUT2D eigenvalue weighted by Gasteiger charge is -2.50. The fourth-order valence-corrected chi connectivity index (χ4v) is 6.43. The number of hydrogen-bond donors (Lipinski definition) is 13. The van der Waals surface area contributed by atoms with Crippen LogP contribution in [0.25, 0.3) is 0 Å². The molecule has 256 valence electrons. The fraction of sp³-hybridized carbons (Fsp3) is 0.962. The Morgan fingerprint density at radius 3 is 2.23 bits per heavy atom. The zero-order chi connectivity index (χ0) is 32.6. The van der Waals surface area contributed by atoms with E-state index in [9.17, 15) is 40.5 Å². The van der Waals surface area contributed by atoms with E-state index in [0.717, 1.165) is 0 Å². The summed E-state index contributed by atoms with van der Waals surface area (Å²) < 4.78 is 23.2. The second-order valence-corrected chi connectivity index (χ2v) is 12.6. The van der Waals surface area contributed by atoms with Gasteiger partial charge in [0.25, 0.3) is 5.91 Å². The van der Waals surface area contributed by atoms with Gasteiger partial charge in [0.2, 0.25) is 0 Å². The Bertz CT molecular complexity index is 961. The summed E-state index contributed by atoms with van der Waals surface area (Å²) in [5, 5.41) is 92.6. The van der Waals surface area contributed by atoms with E-state index in [0.29, 0.717) is 0 Å². The normalized spacial score (nSPS) is 49.7. The molecule has 2 aliphatic heterocycles. The largest absolute Gasteiger partial charge is 0.395 e. The molecule has 0 spiro atoms. The number of rotatable bonds is 11. The molecule has 18 heteroatoms. The number of aliphatic hydroxyl groups excluding tert-OH is 6. The van der Waals surface area contributed by atoms with Gasteiger partial charge in [-0.3, -0.25) is 4.79 Å². The summed E-state index contributed by atoms with van der Waals surface area (Å²) in [6, 6.07) is -3.29. The molecule has 4 rings (SSSR count). The minimum atomic E-state index is -1.74. The molecular weight excluding hydrogens is 590 g/mol. The molecule has 2 saturated heterocycles. The first-order valence-corrected chi connectivity index (χ1v) is 14.9. The van der Waals surface area contributed by atoms with Crippen molar-refractivity contribution in [2.45, 2.75) is 123 Å². The summed E-state index contributed by atoms with van der Waals surface area (Å²) in [5.74, 6) is -0.751. The molecule has 15 N–H and O–H groups in total. The lowest BCUT2D eigenvalue weighted by Crippen LogP contribution is -2.71. The third-order valence-electron chi connectivity index (χ3n) is 8.98. The van der Waals surface area contributed by atoms with Crippen molar-refractivity contribution in [3.05, 3.63) is 0 Å². The molecular formula is C26H49N5O13. The average molecular weight is 640 g/mol. The van der Waals surface area contributed by atoms with Crippen LogP contribution in [0.3, 0.4) is 0 Å². The summed E-state index contributed by atoms with van der Waals surface area (Å²) in [6.07, 6.45) is -14.7. The molecule has 0 aromatic heterocycles. The van der Waals surface area contributed by atoms with Crippen LogP contribution in [0.4, 0.5) is 0 Å². The second-order valence-electron chi connectivity index (χ2n) is 12.6. The van der Waals surface area contributed by atoms with E-state index in [1.54, 1.807) is 0 Å². The predicted molar refractivity (Wildman–Crippen MR) is 148 cm³/mol. The van der Waals surface area contributed by atoms with Gasteiger partial charge in [0, 0.05) is 38.0 Å². The minimum absolute atomic E-state index is 0.00956. The number of likely N-dealkylation sites (N-methyl/N-ethyl adjacent to an activating group) is 1. The summed E-state index contributed by atoms with van der Waals surface area (Å²) in [4.78, 5) is 13.0. The molecule has 18 nitrogen and oxygen atoms in total.